The Kier molecular flexibility index (Phi) is 7.28. The lowest BCUT2D eigenvalue weighted by Gasteiger charge is -2.38. The molecule has 0 spiro atoms. The first-order valence-corrected chi connectivity index (χ1v) is 11.1. The summed E-state index contributed by atoms with van der Waals surface area (Å²) in [5.74, 6) is -2.51. The molecule has 0 unspecified atom stereocenters. The second-order valence-corrected chi connectivity index (χ2v) is 8.88. The highest BCUT2D eigenvalue weighted by molar-refractivity contribution is 7.89. The van der Waals surface area contributed by atoms with Gasteiger partial charge < -0.3 is 39.6 Å². The van der Waals surface area contributed by atoms with E-state index in [0.717, 1.165) is 12.1 Å². The fraction of sp³-hybridized carbons (Fsp3) is 0.333. The van der Waals surface area contributed by atoms with E-state index in [4.69, 9.17) is 35.7 Å². The van der Waals surface area contributed by atoms with Gasteiger partial charge in [-0.25, -0.2) is 23.1 Å². The zero-order valence-electron chi connectivity index (χ0n) is 16.5. The number of carbonyl (C=O) groups is 2. The molecule has 0 bridgehead atoms. The lowest BCUT2D eigenvalue weighted by molar-refractivity contribution is -0.278. The number of benzene rings is 1. The quantitative estimate of drug-likeness (QED) is 0.255. The van der Waals surface area contributed by atoms with Crippen molar-refractivity contribution >= 4 is 39.3 Å². The Morgan fingerprint density at radius 2 is 1.88 bits per heavy atom. The first-order chi connectivity index (χ1) is 15.4. The Hall–Kier alpha value is -2.72. The zero-order valence-corrected chi connectivity index (χ0v) is 18.1. The normalized spacial score (nSPS) is 25.4. The zero-order chi connectivity index (χ0) is 24.5. The van der Waals surface area contributed by atoms with Crippen molar-refractivity contribution in [2.75, 3.05) is 5.32 Å². The van der Waals surface area contributed by atoms with Crippen molar-refractivity contribution in [3.8, 4) is 0 Å². The number of carboxylic acids is 1. The molecule has 0 amide bonds. The van der Waals surface area contributed by atoms with Gasteiger partial charge in [-0.3, -0.25) is 0 Å². The minimum atomic E-state index is -4.36. The average Bonchev–Trinajstić information content (AvgIpc) is 3.25. The summed E-state index contributed by atoms with van der Waals surface area (Å²) >= 11 is 5.99. The molecule has 3 rings (SSSR count). The number of carbonyl (C=O) groups excluding carboxylic acids is 1. The SMILES string of the molecule is NS(=O)(=O)c1cc(C(=O)O[C@H]2O[C@H](C(=O)O)[C@@H](O)[C@H](O)[C@H]2O)c(NCc2ccco2)cc1Cl. The largest absolute Gasteiger partial charge is 0.479 e. The number of hydrogen-bond acceptors (Lipinski definition) is 11. The summed E-state index contributed by atoms with van der Waals surface area (Å²) in [4.78, 5) is 23.5. The van der Waals surface area contributed by atoms with Crippen LogP contribution in [0.5, 0.6) is 0 Å². The van der Waals surface area contributed by atoms with E-state index in [1.807, 2.05) is 0 Å². The fourth-order valence-electron chi connectivity index (χ4n) is 3.00. The molecule has 33 heavy (non-hydrogen) atoms. The van der Waals surface area contributed by atoms with E-state index in [1.54, 1.807) is 12.1 Å². The highest BCUT2D eigenvalue weighted by atomic mass is 35.5. The summed E-state index contributed by atoms with van der Waals surface area (Å²) in [6.07, 6.45) is -8.64. The number of primary sulfonamides is 1. The van der Waals surface area contributed by atoms with Gasteiger partial charge in [0.15, 0.2) is 6.10 Å². The number of furan rings is 1. The number of anilines is 1. The standard InChI is InChI=1S/C18H19ClN2O11S/c19-9-5-10(21-6-7-2-1-3-30-7)8(4-11(9)33(20,28)29)17(27)32-18-14(24)12(22)13(23)15(31-18)16(25)26/h1-5,12-15,18,21-24H,6H2,(H,25,26)(H2,20,28,29)/t12-,13-,14+,15-,18+/m0/s1. The number of sulfonamides is 1. The fourth-order valence-corrected chi connectivity index (χ4v) is 4.10. The van der Waals surface area contributed by atoms with Gasteiger partial charge in [-0.05, 0) is 24.3 Å². The van der Waals surface area contributed by atoms with Crippen molar-refractivity contribution in [2.24, 2.45) is 5.14 Å². The summed E-state index contributed by atoms with van der Waals surface area (Å²) in [6, 6.07) is 5.15. The van der Waals surface area contributed by atoms with Gasteiger partial charge in [0.1, 0.15) is 29.0 Å². The summed E-state index contributed by atoms with van der Waals surface area (Å²) < 4.78 is 38.7. The summed E-state index contributed by atoms with van der Waals surface area (Å²) in [5, 5.41) is 46.4. The third-order valence-corrected chi connectivity index (χ3v) is 6.04. The second kappa shape index (κ2) is 9.64. The van der Waals surface area contributed by atoms with Gasteiger partial charge in [-0.15, -0.1) is 0 Å². The number of rotatable bonds is 7. The molecule has 0 radical (unpaired) electrons. The van der Waals surface area contributed by atoms with Crippen LogP contribution < -0.4 is 10.5 Å². The van der Waals surface area contributed by atoms with Crippen molar-refractivity contribution in [2.45, 2.75) is 42.1 Å². The van der Waals surface area contributed by atoms with E-state index in [1.165, 1.54) is 6.26 Å². The topological polar surface area (TPSA) is 219 Å². The van der Waals surface area contributed by atoms with Crippen LogP contribution in [0, 0.1) is 0 Å². The summed E-state index contributed by atoms with van der Waals surface area (Å²) in [5.41, 5.74) is -0.437. The summed E-state index contributed by atoms with van der Waals surface area (Å²) in [7, 11) is -4.36. The predicted molar refractivity (Wildman–Crippen MR) is 109 cm³/mol. The monoisotopic (exact) mass is 506 g/mol. The third-order valence-electron chi connectivity index (χ3n) is 4.67. The molecular weight excluding hydrogens is 488 g/mol. The number of nitrogens with one attached hydrogen (secondary N) is 1. The van der Waals surface area contributed by atoms with Crippen LogP contribution in [0.3, 0.4) is 0 Å². The number of aliphatic carboxylic acids is 1. The Bertz CT molecular complexity index is 1140. The van der Waals surface area contributed by atoms with Gasteiger partial charge in [-0.1, -0.05) is 11.6 Å². The second-order valence-electron chi connectivity index (χ2n) is 6.95. The van der Waals surface area contributed by atoms with E-state index >= 15 is 0 Å². The van der Waals surface area contributed by atoms with Gasteiger partial charge in [0.05, 0.1) is 29.1 Å². The van der Waals surface area contributed by atoms with Gasteiger partial charge >= 0.3 is 11.9 Å². The molecule has 1 saturated heterocycles. The Balaban J connectivity index is 1.93. The van der Waals surface area contributed by atoms with Gasteiger partial charge in [0.2, 0.25) is 16.3 Å². The smallest absolute Gasteiger partial charge is 0.342 e. The number of hydrogen-bond donors (Lipinski definition) is 6. The van der Waals surface area contributed by atoms with Crippen molar-refractivity contribution in [1.82, 2.24) is 0 Å². The maximum absolute atomic E-state index is 12.8. The Labute approximate surface area is 191 Å². The number of nitrogens with two attached hydrogens (primary N) is 1. The minimum Gasteiger partial charge on any atom is -0.479 e. The molecule has 1 fully saturated rings. The van der Waals surface area contributed by atoms with Crippen LogP contribution in [-0.4, -0.2) is 71.5 Å². The molecule has 1 aliphatic rings. The lowest BCUT2D eigenvalue weighted by atomic mass is 9.99. The van der Waals surface area contributed by atoms with Crippen molar-refractivity contribution in [3.05, 3.63) is 46.9 Å². The molecular formula is C18H19ClN2O11S. The molecule has 1 aromatic carbocycles. The average molecular weight is 507 g/mol. The van der Waals surface area contributed by atoms with Gasteiger partial charge in [-0.2, -0.15) is 0 Å². The van der Waals surface area contributed by atoms with Gasteiger partial charge in [0, 0.05) is 0 Å². The minimum absolute atomic E-state index is 0.0190. The number of aliphatic hydroxyl groups excluding tert-OH is 3. The van der Waals surface area contributed by atoms with Crippen molar-refractivity contribution in [1.29, 1.82) is 0 Å². The van der Waals surface area contributed by atoms with Crippen LogP contribution in [0.25, 0.3) is 0 Å². The molecule has 180 valence electrons. The van der Waals surface area contributed by atoms with E-state index in [-0.39, 0.29) is 17.3 Å². The number of halogens is 1. The Morgan fingerprint density at radius 1 is 1.18 bits per heavy atom. The van der Waals surface area contributed by atoms with E-state index in [9.17, 15) is 33.3 Å². The van der Waals surface area contributed by atoms with Crippen LogP contribution in [0.4, 0.5) is 5.69 Å². The van der Waals surface area contributed by atoms with Gasteiger partial charge in [0.25, 0.3) is 0 Å². The molecule has 13 nitrogen and oxygen atoms in total. The number of ether oxygens (including phenoxy) is 2. The summed E-state index contributed by atoms with van der Waals surface area (Å²) in [6.45, 7) is 0.0485. The number of esters is 1. The molecule has 2 aromatic rings. The molecule has 0 saturated carbocycles. The first-order valence-electron chi connectivity index (χ1n) is 9.16. The number of carboxylic acid groups (broad SMARTS) is 1. The number of aliphatic hydroxyl groups is 3. The highest BCUT2D eigenvalue weighted by Crippen LogP contribution is 2.31. The van der Waals surface area contributed by atoms with E-state index < -0.39 is 63.1 Å². The molecule has 5 atom stereocenters. The highest BCUT2D eigenvalue weighted by Gasteiger charge is 2.48. The lowest BCUT2D eigenvalue weighted by Crippen LogP contribution is -2.60. The molecule has 1 aromatic heterocycles. The van der Waals surface area contributed by atoms with Crippen molar-refractivity contribution < 1.29 is 52.3 Å². The van der Waals surface area contributed by atoms with Crippen LogP contribution in [0.2, 0.25) is 5.02 Å². The van der Waals surface area contributed by atoms with E-state index in [2.05, 4.69) is 5.32 Å². The van der Waals surface area contributed by atoms with Crippen LogP contribution >= 0.6 is 11.6 Å². The third kappa shape index (κ3) is 5.44. The van der Waals surface area contributed by atoms with Crippen LogP contribution in [0.1, 0.15) is 16.1 Å². The molecule has 7 N–H and O–H groups in total. The molecule has 1 aliphatic heterocycles. The van der Waals surface area contributed by atoms with Crippen molar-refractivity contribution in [3.63, 3.8) is 0 Å². The van der Waals surface area contributed by atoms with E-state index in [0.29, 0.717) is 5.76 Å². The molecule has 15 heteroatoms. The first kappa shape index (κ1) is 24.9. The molecule has 2 heterocycles. The maximum Gasteiger partial charge on any atom is 0.342 e. The Morgan fingerprint density at radius 3 is 2.45 bits per heavy atom. The maximum atomic E-state index is 12.8. The van der Waals surface area contributed by atoms with Crippen LogP contribution in [-0.2, 0) is 30.8 Å². The molecule has 0 aliphatic carbocycles. The predicted octanol–water partition coefficient (Wildman–Crippen LogP) is -0.758. The van der Waals surface area contributed by atoms with Crippen LogP contribution in [0.15, 0.2) is 39.8 Å².